The summed E-state index contributed by atoms with van der Waals surface area (Å²) >= 11 is 1.19. The van der Waals surface area contributed by atoms with Crippen LogP contribution in [0.2, 0.25) is 0 Å². The molecule has 0 aliphatic carbocycles. The van der Waals surface area contributed by atoms with Crippen molar-refractivity contribution in [2.45, 2.75) is 26.0 Å². The molecule has 2 amide bonds. The number of carbonyl (C=O) groups excluding carboxylic acids is 1. The summed E-state index contributed by atoms with van der Waals surface area (Å²) < 4.78 is 0. The zero-order valence-corrected chi connectivity index (χ0v) is 11.9. The van der Waals surface area contributed by atoms with Crippen molar-refractivity contribution in [3.63, 3.8) is 0 Å². The van der Waals surface area contributed by atoms with Crippen LogP contribution in [0.5, 0.6) is 0 Å². The third-order valence-corrected chi connectivity index (χ3v) is 4.22. The van der Waals surface area contributed by atoms with E-state index in [1.807, 2.05) is 6.92 Å². The number of aromatic carboxylic acids is 1. The van der Waals surface area contributed by atoms with E-state index in [9.17, 15) is 14.7 Å². The van der Waals surface area contributed by atoms with Gasteiger partial charge in [0, 0.05) is 18.5 Å². The van der Waals surface area contributed by atoms with Crippen LogP contribution < -0.4 is 5.32 Å². The molecule has 1 saturated heterocycles. The Balaban J connectivity index is 1.84. The average Bonchev–Trinajstić information content (AvgIpc) is 2.88. The van der Waals surface area contributed by atoms with Gasteiger partial charge in [0.25, 0.3) is 0 Å². The van der Waals surface area contributed by atoms with Crippen LogP contribution in [0, 0.1) is 5.92 Å². The maximum Gasteiger partial charge on any atom is 0.355 e. The number of thiazole rings is 1. The Hall–Kier alpha value is -1.67. The maximum absolute atomic E-state index is 11.9. The highest BCUT2D eigenvalue weighted by Gasteiger charge is 2.27. The molecule has 0 saturated carbocycles. The first-order chi connectivity index (χ1) is 9.47. The largest absolute Gasteiger partial charge is 0.476 e. The van der Waals surface area contributed by atoms with E-state index in [1.54, 1.807) is 4.90 Å². The fraction of sp³-hybridized carbons (Fsp3) is 0.583. The summed E-state index contributed by atoms with van der Waals surface area (Å²) in [5.41, 5.74) is -0.0125. The highest BCUT2D eigenvalue weighted by Crippen LogP contribution is 2.17. The molecule has 8 heteroatoms. The molecule has 1 aliphatic heterocycles. The van der Waals surface area contributed by atoms with Crippen molar-refractivity contribution < 1.29 is 19.8 Å². The zero-order valence-electron chi connectivity index (χ0n) is 11.1. The first-order valence-corrected chi connectivity index (χ1v) is 7.24. The van der Waals surface area contributed by atoms with Gasteiger partial charge < -0.3 is 20.4 Å². The molecule has 0 bridgehead atoms. The summed E-state index contributed by atoms with van der Waals surface area (Å²) in [7, 11) is 0. The SMILES string of the molecule is CC1CCN(C(=O)NCc2nc(C(=O)O)cs2)CC1O. The lowest BCUT2D eigenvalue weighted by molar-refractivity contribution is 0.0435. The Kier molecular flexibility index (Phi) is 4.56. The van der Waals surface area contributed by atoms with Crippen molar-refractivity contribution in [2.75, 3.05) is 13.1 Å². The van der Waals surface area contributed by atoms with Crippen LogP contribution >= 0.6 is 11.3 Å². The van der Waals surface area contributed by atoms with Crippen molar-refractivity contribution in [3.8, 4) is 0 Å². The van der Waals surface area contributed by atoms with E-state index < -0.39 is 12.1 Å². The number of amides is 2. The first-order valence-electron chi connectivity index (χ1n) is 6.36. The predicted molar refractivity (Wildman–Crippen MR) is 72.7 cm³/mol. The maximum atomic E-state index is 11.9. The van der Waals surface area contributed by atoms with Gasteiger partial charge in [0.05, 0.1) is 12.6 Å². The van der Waals surface area contributed by atoms with E-state index in [2.05, 4.69) is 10.3 Å². The van der Waals surface area contributed by atoms with E-state index in [1.165, 1.54) is 16.7 Å². The van der Waals surface area contributed by atoms with Gasteiger partial charge in [-0.2, -0.15) is 0 Å². The smallest absolute Gasteiger partial charge is 0.355 e. The van der Waals surface area contributed by atoms with Crippen LogP contribution in [0.15, 0.2) is 5.38 Å². The van der Waals surface area contributed by atoms with Gasteiger partial charge in [-0.3, -0.25) is 0 Å². The van der Waals surface area contributed by atoms with Crippen LogP contribution in [0.3, 0.4) is 0 Å². The van der Waals surface area contributed by atoms with Crippen LogP contribution in [-0.4, -0.2) is 51.3 Å². The Bertz CT molecular complexity index is 505. The van der Waals surface area contributed by atoms with Gasteiger partial charge in [0.1, 0.15) is 5.01 Å². The second-order valence-electron chi connectivity index (χ2n) is 4.87. The number of carboxylic acids is 1. The number of nitrogens with zero attached hydrogens (tertiary/aromatic N) is 2. The number of carboxylic acid groups (broad SMARTS) is 1. The Morgan fingerprint density at radius 1 is 1.60 bits per heavy atom. The van der Waals surface area contributed by atoms with Gasteiger partial charge in [0.15, 0.2) is 5.69 Å². The predicted octanol–water partition coefficient (Wildman–Crippen LogP) is 0.754. The number of rotatable bonds is 3. The van der Waals surface area contributed by atoms with Gasteiger partial charge in [-0.15, -0.1) is 11.3 Å². The number of β-amino-alcohol motifs (C(OH)–C–C–N with tert-alkyl or cyclic N) is 1. The van der Waals surface area contributed by atoms with Gasteiger partial charge in [-0.1, -0.05) is 6.92 Å². The fourth-order valence-electron chi connectivity index (χ4n) is 1.99. The number of hydrogen-bond acceptors (Lipinski definition) is 5. The van der Waals surface area contributed by atoms with Crippen LogP contribution in [-0.2, 0) is 6.54 Å². The van der Waals surface area contributed by atoms with Gasteiger partial charge in [-0.25, -0.2) is 14.6 Å². The lowest BCUT2D eigenvalue weighted by atomic mass is 9.96. The minimum absolute atomic E-state index is 0.0125. The number of likely N-dealkylation sites (tertiary alicyclic amines) is 1. The third-order valence-electron chi connectivity index (χ3n) is 3.37. The number of nitrogens with one attached hydrogen (secondary N) is 1. The number of urea groups is 1. The molecule has 2 unspecified atom stereocenters. The number of carbonyl (C=O) groups is 2. The highest BCUT2D eigenvalue weighted by atomic mass is 32.1. The van der Waals surface area contributed by atoms with Gasteiger partial charge >= 0.3 is 12.0 Å². The summed E-state index contributed by atoms with van der Waals surface area (Å²) in [6, 6.07) is -0.261. The molecule has 1 aromatic heterocycles. The van der Waals surface area contributed by atoms with Crippen molar-refractivity contribution >= 4 is 23.3 Å². The zero-order chi connectivity index (χ0) is 14.7. The van der Waals surface area contributed by atoms with E-state index >= 15 is 0 Å². The molecule has 2 atom stereocenters. The Morgan fingerprint density at radius 2 is 2.35 bits per heavy atom. The molecule has 0 aromatic carbocycles. The number of aliphatic hydroxyl groups excluding tert-OH is 1. The van der Waals surface area contributed by atoms with Crippen molar-refractivity contribution in [3.05, 3.63) is 16.1 Å². The minimum Gasteiger partial charge on any atom is -0.476 e. The summed E-state index contributed by atoms with van der Waals surface area (Å²) in [5.74, 6) is -0.872. The van der Waals surface area contributed by atoms with E-state index in [4.69, 9.17) is 5.11 Å². The van der Waals surface area contributed by atoms with E-state index in [0.29, 0.717) is 18.1 Å². The van der Waals surface area contributed by atoms with Gasteiger partial charge in [0.2, 0.25) is 0 Å². The summed E-state index contributed by atoms with van der Waals surface area (Å²) in [5, 5.41) is 23.2. The number of aliphatic hydroxyl groups is 1. The molecule has 1 fully saturated rings. The number of hydrogen-bond donors (Lipinski definition) is 3. The third kappa shape index (κ3) is 3.45. The normalized spacial score (nSPS) is 22.6. The van der Waals surface area contributed by atoms with Crippen LogP contribution in [0.25, 0.3) is 0 Å². The molecule has 2 heterocycles. The molecular formula is C12H17N3O4S. The Labute approximate surface area is 120 Å². The van der Waals surface area contributed by atoms with Crippen molar-refractivity contribution in [1.82, 2.24) is 15.2 Å². The first kappa shape index (κ1) is 14.7. The fourth-order valence-corrected chi connectivity index (χ4v) is 2.69. The van der Waals surface area contributed by atoms with Gasteiger partial charge in [-0.05, 0) is 12.3 Å². The standard InChI is InChI=1S/C12H17N3O4S/c1-7-2-3-15(5-9(7)16)12(19)13-4-10-14-8(6-20-10)11(17)18/h6-7,9,16H,2-5H2,1H3,(H,13,19)(H,17,18). The second kappa shape index (κ2) is 6.19. The molecule has 7 nitrogen and oxygen atoms in total. The molecule has 110 valence electrons. The second-order valence-corrected chi connectivity index (χ2v) is 5.81. The summed E-state index contributed by atoms with van der Waals surface area (Å²) in [6.45, 7) is 3.09. The molecule has 2 rings (SSSR count). The lowest BCUT2D eigenvalue weighted by Crippen LogP contribution is -2.49. The molecule has 1 aliphatic rings. The van der Waals surface area contributed by atoms with Crippen LogP contribution in [0.1, 0.15) is 28.8 Å². The average molecular weight is 299 g/mol. The highest BCUT2D eigenvalue weighted by molar-refractivity contribution is 7.09. The summed E-state index contributed by atoms with van der Waals surface area (Å²) in [6.07, 6.45) is 0.280. The molecule has 0 spiro atoms. The molecule has 20 heavy (non-hydrogen) atoms. The summed E-state index contributed by atoms with van der Waals surface area (Å²) in [4.78, 5) is 28.1. The molecular weight excluding hydrogens is 282 g/mol. The Morgan fingerprint density at radius 3 is 2.95 bits per heavy atom. The van der Waals surface area contributed by atoms with Crippen LogP contribution in [0.4, 0.5) is 4.79 Å². The molecule has 0 radical (unpaired) electrons. The number of aromatic nitrogens is 1. The van der Waals surface area contributed by atoms with E-state index in [0.717, 1.165) is 6.42 Å². The van der Waals surface area contributed by atoms with Crippen molar-refractivity contribution in [2.24, 2.45) is 5.92 Å². The lowest BCUT2D eigenvalue weighted by Gasteiger charge is -2.34. The number of piperidine rings is 1. The monoisotopic (exact) mass is 299 g/mol. The topological polar surface area (TPSA) is 103 Å². The quantitative estimate of drug-likeness (QED) is 0.764. The molecule has 3 N–H and O–H groups in total. The van der Waals surface area contributed by atoms with E-state index in [-0.39, 0.29) is 24.2 Å². The minimum atomic E-state index is -1.08. The molecule has 1 aromatic rings. The van der Waals surface area contributed by atoms with Crippen molar-refractivity contribution in [1.29, 1.82) is 0 Å².